The van der Waals surface area contributed by atoms with E-state index >= 15 is 0 Å². The fourth-order valence-electron chi connectivity index (χ4n) is 2.02. The molecule has 1 atom stereocenters. The van der Waals surface area contributed by atoms with E-state index in [9.17, 15) is 0 Å². The SMILES string of the molecule is Cc1ccc(C2CCCN2)c(Cl)c1C. The predicted molar refractivity (Wildman–Crippen MR) is 60.9 cm³/mol. The minimum Gasteiger partial charge on any atom is -0.310 e. The Morgan fingerprint density at radius 2 is 2.14 bits per heavy atom. The Labute approximate surface area is 90.5 Å². The summed E-state index contributed by atoms with van der Waals surface area (Å²) in [6.45, 7) is 5.32. The third-order valence-corrected chi connectivity index (χ3v) is 3.62. The van der Waals surface area contributed by atoms with E-state index in [1.807, 2.05) is 0 Å². The molecule has 1 aliphatic heterocycles. The summed E-state index contributed by atoms with van der Waals surface area (Å²) in [5, 5.41) is 4.42. The Morgan fingerprint density at radius 3 is 2.79 bits per heavy atom. The molecule has 0 bridgehead atoms. The minimum atomic E-state index is 0.474. The molecule has 1 aromatic rings. The highest BCUT2D eigenvalue weighted by molar-refractivity contribution is 6.32. The summed E-state index contributed by atoms with van der Waals surface area (Å²) < 4.78 is 0. The third-order valence-electron chi connectivity index (χ3n) is 3.12. The van der Waals surface area contributed by atoms with E-state index in [0.717, 1.165) is 11.6 Å². The lowest BCUT2D eigenvalue weighted by molar-refractivity contribution is 0.647. The highest BCUT2D eigenvalue weighted by atomic mass is 35.5. The first-order valence-electron chi connectivity index (χ1n) is 5.19. The molecule has 76 valence electrons. The van der Waals surface area contributed by atoms with E-state index < -0.39 is 0 Å². The van der Waals surface area contributed by atoms with Crippen LogP contribution in [0.5, 0.6) is 0 Å². The van der Waals surface area contributed by atoms with E-state index in [4.69, 9.17) is 11.6 Å². The lowest BCUT2D eigenvalue weighted by Crippen LogP contribution is -2.13. The molecule has 2 heteroatoms. The third kappa shape index (κ3) is 1.67. The summed E-state index contributed by atoms with van der Waals surface area (Å²) >= 11 is 6.34. The van der Waals surface area contributed by atoms with Crippen LogP contribution in [0.25, 0.3) is 0 Å². The van der Waals surface area contributed by atoms with Crippen LogP contribution in [0.15, 0.2) is 12.1 Å². The number of hydrogen-bond acceptors (Lipinski definition) is 1. The van der Waals surface area contributed by atoms with Crippen LogP contribution in [0.4, 0.5) is 0 Å². The second-order valence-corrected chi connectivity index (χ2v) is 4.44. The minimum absolute atomic E-state index is 0.474. The standard InChI is InChI=1S/C12H16ClN/c1-8-5-6-10(12(13)9(8)2)11-4-3-7-14-11/h5-6,11,14H,3-4,7H2,1-2H3. The summed E-state index contributed by atoms with van der Waals surface area (Å²) in [4.78, 5) is 0. The Balaban J connectivity index is 2.38. The zero-order valence-electron chi connectivity index (χ0n) is 8.73. The lowest BCUT2D eigenvalue weighted by Gasteiger charge is -2.15. The van der Waals surface area contributed by atoms with Gasteiger partial charge in [0.2, 0.25) is 0 Å². The van der Waals surface area contributed by atoms with Crippen molar-refractivity contribution in [2.75, 3.05) is 6.54 Å². The van der Waals surface area contributed by atoms with Crippen molar-refractivity contribution in [3.8, 4) is 0 Å². The van der Waals surface area contributed by atoms with Gasteiger partial charge in [0.1, 0.15) is 0 Å². The van der Waals surface area contributed by atoms with Crippen molar-refractivity contribution in [3.63, 3.8) is 0 Å². The zero-order valence-corrected chi connectivity index (χ0v) is 9.49. The highest BCUT2D eigenvalue weighted by Gasteiger charge is 2.19. The number of hydrogen-bond donors (Lipinski definition) is 1. The van der Waals surface area contributed by atoms with Crippen LogP contribution in [0.3, 0.4) is 0 Å². The monoisotopic (exact) mass is 209 g/mol. The molecule has 14 heavy (non-hydrogen) atoms. The summed E-state index contributed by atoms with van der Waals surface area (Å²) in [5.74, 6) is 0. The Bertz CT molecular complexity index is 340. The second-order valence-electron chi connectivity index (χ2n) is 4.06. The van der Waals surface area contributed by atoms with Crippen LogP contribution >= 0.6 is 11.6 Å². The fourth-order valence-corrected chi connectivity index (χ4v) is 2.37. The largest absolute Gasteiger partial charge is 0.310 e. The van der Waals surface area contributed by atoms with E-state index in [1.165, 1.54) is 29.5 Å². The maximum atomic E-state index is 6.34. The number of halogens is 1. The van der Waals surface area contributed by atoms with Crippen LogP contribution in [0.1, 0.15) is 35.6 Å². The van der Waals surface area contributed by atoms with Gasteiger partial charge in [-0.1, -0.05) is 23.7 Å². The average Bonchev–Trinajstić information content (AvgIpc) is 2.67. The summed E-state index contributed by atoms with van der Waals surface area (Å²) in [7, 11) is 0. The predicted octanol–water partition coefficient (Wildman–Crippen LogP) is 3.38. The van der Waals surface area contributed by atoms with Crippen LogP contribution in [0, 0.1) is 13.8 Å². The Morgan fingerprint density at radius 1 is 1.36 bits per heavy atom. The Hall–Kier alpha value is -0.530. The van der Waals surface area contributed by atoms with Crippen molar-refractivity contribution in [2.45, 2.75) is 32.7 Å². The zero-order chi connectivity index (χ0) is 10.1. The van der Waals surface area contributed by atoms with Gasteiger partial charge in [-0.2, -0.15) is 0 Å². The molecule has 1 N–H and O–H groups in total. The van der Waals surface area contributed by atoms with Crippen molar-refractivity contribution in [1.82, 2.24) is 5.32 Å². The maximum Gasteiger partial charge on any atom is 0.0485 e. The van der Waals surface area contributed by atoms with Gasteiger partial charge in [0.15, 0.2) is 0 Å². The molecule has 1 aromatic carbocycles. The van der Waals surface area contributed by atoms with Crippen molar-refractivity contribution < 1.29 is 0 Å². The summed E-state index contributed by atoms with van der Waals surface area (Å²) in [6, 6.07) is 4.80. The first-order chi connectivity index (χ1) is 6.70. The van der Waals surface area contributed by atoms with E-state index in [0.29, 0.717) is 6.04 Å². The molecule has 1 heterocycles. The molecule has 1 saturated heterocycles. The fraction of sp³-hybridized carbons (Fsp3) is 0.500. The molecule has 1 fully saturated rings. The van der Waals surface area contributed by atoms with Crippen molar-refractivity contribution >= 4 is 11.6 Å². The van der Waals surface area contributed by atoms with E-state index in [-0.39, 0.29) is 0 Å². The van der Waals surface area contributed by atoms with Crippen molar-refractivity contribution in [2.24, 2.45) is 0 Å². The first kappa shape index (κ1) is 10.0. The van der Waals surface area contributed by atoms with Gasteiger partial charge in [-0.05, 0) is 49.9 Å². The molecule has 0 saturated carbocycles. The Kier molecular flexibility index (Phi) is 2.80. The van der Waals surface area contributed by atoms with E-state index in [2.05, 4.69) is 31.3 Å². The maximum absolute atomic E-state index is 6.34. The summed E-state index contributed by atoms with van der Waals surface area (Å²) in [6.07, 6.45) is 2.47. The second kappa shape index (κ2) is 3.92. The topological polar surface area (TPSA) is 12.0 Å². The molecular weight excluding hydrogens is 194 g/mol. The van der Waals surface area contributed by atoms with Crippen molar-refractivity contribution in [1.29, 1.82) is 0 Å². The molecule has 1 unspecified atom stereocenters. The quantitative estimate of drug-likeness (QED) is 0.748. The van der Waals surface area contributed by atoms with Crippen LogP contribution in [0.2, 0.25) is 5.02 Å². The normalized spacial score (nSPS) is 21.5. The molecule has 1 nitrogen and oxygen atoms in total. The van der Waals surface area contributed by atoms with Gasteiger partial charge in [0, 0.05) is 11.1 Å². The molecule has 0 aliphatic carbocycles. The molecular formula is C12H16ClN. The number of benzene rings is 1. The first-order valence-corrected chi connectivity index (χ1v) is 5.57. The van der Waals surface area contributed by atoms with Crippen LogP contribution < -0.4 is 5.32 Å². The van der Waals surface area contributed by atoms with Gasteiger partial charge in [0.05, 0.1) is 0 Å². The molecule has 0 radical (unpaired) electrons. The molecule has 1 aliphatic rings. The number of rotatable bonds is 1. The van der Waals surface area contributed by atoms with Crippen LogP contribution in [-0.2, 0) is 0 Å². The lowest BCUT2D eigenvalue weighted by atomic mass is 10.00. The molecule has 0 spiro atoms. The van der Waals surface area contributed by atoms with Crippen molar-refractivity contribution in [3.05, 3.63) is 33.8 Å². The van der Waals surface area contributed by atoms with Gasteiger partial charge in [-0.3, -0.25) is 0 Å². The van der Waals surface area contributed by atoms with Gasteiger partial charge in [-0.25, -0.2) is 0 Å². The van der Waals surface area contributed by atoms with Gasteiger partial charge in [-0.15, -0.1) is 0 Å². The molecule has 0 amide bonds. The van der Waals surface area contributed by atoms with Crippen LogP contribution in [-0.4, -0.2) is 6.54 Å². The number of nitrogens with one attached hydrogen (secondary N) is 1. The molecule has 0 aromatic heterocycles. The highest BCUT2D eigenvalue weighted by Crippen LogP contribution is 2.32. The smallest absolute Gasteiger partial charge is 0.0485 e. The number of aryl methyl sites for hydroxylation is 1. The van der Waals surface area contributed by atoms with Gasteiger partial charge in [0.25, 0.3) is 0 Å². The average molecular weight is 210 g/mol. The van der Waals surface area contributed by atoms with Gasteiger partial charge < -0.3 is 5.32 Å². The van der Waals surface area contributed by atoms with E-state index in [1.54, 1.807) is 0 Å². The molecule has 2 rings (SSSR count). The summed E-state index contributed by atoms with van der Waals surface area (Å²) in [5.41, 5.74) is 3.77. The van der Waals surface area contributed by atoms with Gasteiger partial charge >= 0.3 is 0 Å².